The highest BCUT2D eigenvalue weighted by molar-refractivity contribution is 5.94. The summed E-state index contributed by atoms with van der Waals surface area (Å²) in [6.45, 7) is 4.82. The number of hydrogen-bond acceptors (Lipinski definition) is 3. The molecule has 0 aromatic heterocycles. The van der Waals surface area contributed by atoms with Crippen LogP contribution in [0.2, 0.25) is 0 Å². The zero-order valence-electron chi connectivity index (χ0n) is 15.8. The van der Waals surface area contributed by atoms with Crippen LogP contribution in [0.15, 0.2) is 54.6 Å². The molecule has 27 heavy (non-hydrogen) atoms. The van der Waals surface area contributed by atoms with Gasteiger partial charge in [0.25, 0.3) is 5.91 Å². The van der Waals surface area contributed by atoms with E-state index in [4.69, 9.17) is 4.74 Å². The van der Waals surface area contributed by atoms with E-state index < -0.39 is 0 Å². The van der Waals surface area contributed by atoms with E-state index in [1.165, 1.54) is 25.9 Å². The topological polar surface area (TPSA) is 32.8 Å². The number of nitrogens with zero attached hydrogens (tertiary/aromatic N) is 2. The van der Waals surface area contributed by atoms with Gasteiger partial charge in [-0.05, 0) is 68.6 Å². The minimum Gasteiger partial charge on any atom is -0.489 e. The summed E-state index contributed by atoms with van der Waals surface area (Å²) in [6.07, 6.45) is 4.83. The summed E-state index contributed by atoms with van der Waals surface area (Å²) >= 11 is 0. The third-order valence-corrected chi connectivity index (χ3v) is 5.66. The Labute approximate surface area is 161 Å². The van der Waals surface area contributed by atoms with Crippen molar-refractivity contribution < 1.29 is 9.53 Å². The highest BCUT2D eigenvalue weighted by Gasteiger charge is 2.31. The van der Waals surface area contributed by atoms with Gasteiger partial charge in [-0.25, -0.2) is 0 Å². The quantitative estimate of drug-likeness (QED) is 0.778. The number of rotatable bonds is 6. The van der Waals surface area contributed by atoms with E-state index >= 15 is 0 Å². The predicted octanol–water partition coefficient (Wildman–Crippen LogP) is 3.97. The van der Waals surface area contributed by atoms with Gasteiger partial charge in [-0.15, -0.1) is 0 Å². The van der Waals surface area contributed by atoms with Crippen molar-refractivity contribution >= 4 is 5.91 Å². The van der Waals surface area contributed by atoms with Gasteiger partial charge >= 0.3 is 0 Å². The van der Waals surface area contributed by atoms with Gasteiger partial charge in [0.1, 0.15) is 12.4 Å². The highest BCUT2D eigenvalue weighted by Crippen LogP contribution is 2.23. The molecule has 0 bridgehead atoms. The number of carbonyl (C=O) groups is 1. The fourth-order valence-electron chi connectivity index (χ4n) is 4.16. The van der Waals surface area contributed by atoms with Crippen LogP contribution >= 0.6 is 0 Å². The Bertz CT molecular complexity index is 739. The summed E-state index contributed by atoms with van der Waals surface area (Å²) in [5.74, 6) is 0.955. The van der Waals surface area contributed by atoms with Gasteiger partial charge < -0.3 is 14.5 Å². The maximum absolute atomic E-state index is 13.0. The summed E-state index contributed by atoms with van der Waals surface area (Å²) in [7, 11) is 0. The van der Waals surface area contributed by atoms with Crippen LogP contribution in [0.4, 0.5) is 0 Å². The van der Waals surface area contributed by atoms with Crippen LogP contribution in [0.5, 0.6) is 5.75 Å². The van der Waals surface area contributed by atoms with Gasteiger partial charge in [-0.3, -0.25) is 4.79 Å². The molecule has 1 atom stereocenters. The number of amides is 1. The number of likely N-dealkylation sites (tertiary alicyclic amines) is 2. The average molecular weight is 364 g/mol. The second-order valence-corrected chi connectivity index (χ2v) is 7.60. The first-order chi connectivity index (χ1) is 13.3. The molecule has 2 aliphatic heterocycles. The van der Waals surface area contributed by atoms with Gasteiger partial charge in [-0.2, -0.15) is 0 Å². The van der Waals surface area contributed by atoms with Crippen molar-refractivity contribution in [1.29, 1.82) is 0 Å². The molecule has 1 unspecified atom stereocenters. The zero-order valence-corrected chi connectivity index (χ0v) is 15.8. The number of benzene rings is 2. The summed E-state index contributed by atoms with van der Waals surface area (Å²) in [6, 6.07) is 18.1. The summed E-state index contributed by atoms with van der Waals surface area (Å²) in [5.41, 5.74) is 1.90. The molecule has 0 radical (unpaired) electrons. The molecule has 2 saturated heterocycles. The number of hydrogen-bond donors (Lipinski definition) is 0. The molecule has 2 heterocycles. The molecule has 4 nitrogen and oxygen atoms in total. The summed E-state index contributed by atoms with van der Waals surface area (Å²) < 4.78 is 5.83. The van der Waals surface area contributed by atoms with Gasteiger partial charge in [-0.1, -0.05) is 30.3 Å². The smallest absolute Gasteiger partial charge is 0.254 e. The molecule has 2 aliphatic rings. The largest absolute Gasteiger partial charge is 0.489 e. The molecule has 142 valence electrons. The minimum atomic E-state index is 0.159. The van der Waals surface area contributed by atoms with Crippen LogP contribution in [0.25, 0.3) is 0 Å². The maximum Gasteiger partial charge on any atom is 0.254 e. The maximum atomic E-state index is 13.0. The molecule has 2 aromatic rings. The minimum absolute atomic E-state index is 0.159. The van der Waals surface area contributed by atoms with Crippen LogP contribution in [0.1, 0.15) is 41.6 Å². The lowest BCUT2D eigenvalue weighted by Crippen LogP contribution is -2.42. The van der Waals surface area contributed by atoms with Gasteiger partial charge in [0, 0.05) is 24.7 Å². The Morgan fingerprint density at radius 1 is 0.926 bits per heavy atom. The first-order valence-corrected chi connectivity index (χ1v) is 10.1. The molecule has 0 N–H and O–H groups in total. The monoisotopic (exact) mass is 364 g/mol. The van der Waals surface area contributed by atoms with E-state index in [1.807, 2.05) is 54.6 Å². The molecule has 2 aromatic carbocycles. The number of ether oxygens (including phenoxy) is 1. The molecule has 0 aliphatic carbocycles. The van der Waals surface area contributed by atoms with Crippen molar-refractivity contribution in [2.45, 2.75) is 38.3 Å². The summed E-state index contributed by atoms with van der Waals surface area (Å²) in [4.78, 5) is 17.6. The standard InChI is InChI=1S/C23H28N2O2/c26-23(25-16-6-9-21(25)17-24-14-4-5-15-24)20-10-12-22(13-11-20)27-18-19-7-2-1-3-8-19/h1-3,7-8,10-13,21H,4-6,9,14-18H2. The Hall–Kier alpha value is -2.33. The molecular weight excluding hydrogens is 336 g/mol. The summed E-state index contributed by atoms with van der Waals surface area (Å²) in [5, 5.41) is 0. The fourth-order valence-corrected chi connectivity index (χ4v) is 4.16. The molecule has 2 fully saturated rings. The van der Waals surface area contributed by atoms with Crippen LogP contribution < -0.4 is 4.74 Å². The van der Waals surface area contributed by atoms with E-state index in [1.54, 1.807) is 0 Å². The van der Waals surface area contributed by atoms with E-state index in [0.29, 0.717) is 12.6 Å². The van der Waals surface area contributed by atoms with Gasteiger partial charge in [0.15, 0.2) is 0 Å². The molecule has 0 spiro atoms. The van der Waals surface area contributed by atoms with Gasteiger partial charge in [0.05, 0.1) is 0 Å². The van der Waals surface area contributed by atoms with E-state index in [2.05, 4.69) is 9.80 Å². The lowest BCUT2D eigenvalue weighted by molar-refractivity contribution is 0.0708. The van der Waals surface area contributed by atoms with E-state index in [-0.39, 0.29) is 5.91 Å². The Balaban J connectivity index is 1.35. The molecule has 1 amide bonds. The molecule has 4 heteroatoms. The van der Waals surface area contributed by atoms with Crippen LogP contribution in [-0.2, 0) is 6.61 Å². The van der Waals surface area contributed by atoms with Crippen LogP contribution in [0.3, 0.4) is 0 Å². The van der Waals surface area contributed by atoms with Crippen molar-refractivity contribution in [3.8, 4) is 5.75 Å². The zero-order chi connectivity index (χ0) is 18.5. The molecule has 4 rings (SSSR count). The lowest BCUT2D eigenvalue weighted by Gasteiger charge is -2.28. The third-order valence-electron chi connectivity index (χ3n) is 5.66. The first-order valence-electron chi connectivity index (χ1n) is 10.1. The third kappa shape index (κ3) is 4.51. The number of carbonyl (C=O) groups excluding carboxylic acids is 1. The van der Waals surface area contributed by atoms with Crippen LogP contribution in [-0.4, -0.2) is 47.9 Å². The molecular formula is C23H28N2O2. The van der Waals surface area contributed by atoms with E-state index in [9.17, 15) is 4.79 Å². The SMILES string of the molecule is O=C(c1ccc(OCc2ccccc2)cc1)N1CCCC1CN1CCCC1. The Morgan fingerprint density at radius 2 is 1.67 bits per heavy atom. The van der Waals surface area contributed by atoms with Crippen molar-refractivity contribution in [2.24, 2.45) is 0 Å². The first kappa shape index (κ1) is 18.1. The van der Waals surface area contributed by atoms with Crippen molar-refractivity contribution in [2.75, 3.05) is 26.2 Å². The van der Waals surface area contributed by atoms with Crippen molar-refractivity contribution in [1.82, 2.24) is 9.80 Å². The Kier molecular flexibility index (Phi) is 5.73. The van der Waals surface area contributed by atoms with Crippen molar-refractivity contribution in [3.63, 3.8) is 0 Å². The average Bonchev–Trinajstić information content (AvgIpc) is 3.40. The Morgan fingerprint density at radius 3 is 2.41 bits per heavy atom. The second-order valence-electron chi connectivity index (χ2n) is 7.60. The highest BCUT2D eigenvalue weighted by atomic mass is 16.5. The fraction of sp³-hybridized carbons (Fsp3) is 0.435. The predicted molar refractivity (Wildman–Crippen MR) is 107 cm³/mol. The van der Waals surface area contributed by atoms with Crippen LogP contribution in [0, 0.1) is 0 Å². The lowest BCUT2D eigenvalue weighted by atomic mass is 10.1. The second kappa shape index (κ2) is 8.57. The molecule has 0 saturated carbocycles. The normalized spacial score (nSPS) is 20.1. The van der Waals surface area contributed by atoms with Gasteiger partial charge in [0.2, 0.25) is 0 Å². The van der Waals surface area contributed by atoms with Crippen molar-refractivity contribution in [3.05, 3.63) is 65.7 Å². The van der Waals surface area contributed by atoms with E-state index in [0.717, 1.165) is 42.8 Å².